The van der Waals surface area contributed by atoms with Crippen molar-refractivity contribution in [2.45, 2.75) is 18.6 Å². The van der Waals surface area contributed by atoms with E-state index >= 15 is 0 Å². The van der Waals surface area contributed by atoms with Gasteiger partial charge >= 0.3 is 0 Å². The van der Waals surface area contributed by atoms with E-state index < -0.39 is 0 Å². The van der Waals surface area contributed by atoms with Crippen LogP contribution >= 0.6 is 23.4 Å². The molecular weight excluding hydrogens is 370 g/mol. The third kappa shape index (κ3) is 4.08. The number of halogens is 1. The minimum Gasteiger partial charge on any atom is -0.356 e. The van der Waals surface area contributed by atoms with Gasteiger partial charge in [0.25, 0.3) is 5.56 Å². The molecule has 1 aromatic heterocycles. The number of thioether (sulfide) groups is 1. The zero-order valence-corrected chi connectivity index (χ0v) is 15.8. The monoisotopic (exact) mass is 387 g/mol. The van der Waals surface area contributed by atoms with Gasteiger partial charge in [-0.25, -0.2) is 4.98 Å². The Bertz CT molecular complexity index is 1000. The Kier molecular flexibility index (Phi) is 5.96. The summed E-state index contributed by atoms with van der Waals surface area (Å²) in [6.07, 6.45) is 0. The Hall–Kier alpha value is -2.31. The number of nitrogens with one attached hydrogen (secondary N) is 1. The van der Waals surface area contributed by atoms with Gasteiger partial charge in [-0.2, -0.15) is 0 Å². The van der Waals surface area contributed by atoms with Crippen molar-refractivity contribution in [1.82, 2.24) is 14.9 Å². The van der Waals surface area contributed by atoms with E-state index in [4.69, 9.17) is 11.6 Å². The summed E-state index contributed by atoms with van der Waals surface area (Å²) in [5.74, 6) is 0.102. The Morgan fingerprint density at radius 3 is 2.69 bits per heavy atom. The molecule has 0 aliphatic rings. The fourth-order valence-corrected chi connectivity index (χ4v) is 3.60. The first-order chi connectivity index (χ1) is 12.6. The fraction of sp³-hybridized carbons (Fsp3) is 0.211. The number of nitrogens with zero attached hydrogens (tertiary/aromatic N) is 2. The van der Waals surface area contributed by atoms with Crippen LogP contribution in [0.1, 0.15) is 12.5 Å². The number of hydrogen-bond acceptors (Lipinski definition) is 4. The van der Waals surface area contributed by atoms with Crippen molar-refractivity contribution < 1.29 is 4.79 Å². The van der Waals surface area contributed by atoms with Crippen molar-refractivity contribution in [3.8, 4) is 0 Å². The Labute approximate surface area is 160 Å². The minimum atomic E-state index is -0.145. The summed E-state index contributed by atoms with van der Waals surface area (Å²) < 4.78 is 1.58. The van der Waals surface area contributed by atoms with E-state index in [2.05, 4.69) is 10.3 Å². The van der Waals surface area contributed by atoms with Gasteiger partial charge in [-0.05, 0) is 30.7 Å². The number of carbonyl (C=O) groups excluding carboxylic acids is 1. The van der Waals surface area contributed by atoms with Gasteiger partial charge in [0.2, 0.25) is 5.91 Å². The number of rotatable bonds is 6. The third-order valence-electron chi connectivity index (χ3n) is 3.82. The highest BCUT2D eigenvalue weighted by molar-refractivity contribution is 7.99. The van der Waals surface area contributed by atoms with Gasteiger partial charge in [0, 0.05) is 11.6 Å². The Morgan fingerprint density at radius 2 is 1.92 bits per heavy atom. The van der Waals surface area contributed by atoms with Crippen LogP contribution in [0, 0.1) is 0 Å². The van der Waals surface area contributed by atoms with Crippen LogP contribution in [0.15, 0.2) is 58.5 Å². The molecule has 1 N–H and O–H groups in total. The van der Waals surface area contributed by atoms with Crippen LogP contribution in [-0.2, 0) is 11.3 Å². The zero-order valence-electron chi connectivity index (χ0n) is 14.2. The summed E-state index contributed by atoms with van der Waals surface area (Å²) >= 11 is 7.51. The number of amides is 1. The second-order valence-corrected chi connectivity index (χ2v) is 6.99. The Morgan fingerprint density at radius 1 is 1.19 bits per heavy atom. The number of carbonyl (C=O) groups is 1. The molecule has 2 aromatic carbocycles. The molecule has 5 nitrogen and oxygen atoms in total. The molecular formula is C19H18ClN3O2S. The highest BCUT2D eigenvalue weighted by Gasteiger charge is 2.14. The topological polar surface area (TPSA) is 64.0 Å². The van der Waals surface area contributed by atoms with Gasteiger partial charge in [0.1, 0.15) is 0 Å². The second-order valence-electron chi connectivity index (χ2n) is 5.64. The first-order valence-corrected chi connectivity index (χ1v) is 9.59. The molecule has 26 heavy (non-hydrogen) atoms. The van der Waals surface area contributed by atoms with Gasteiger partial charge in [0.15, 0.2) is 5.16 Å². The van der Waals surface area contributed by atoms with Gasteiger partial charge in [-0.1, -0.05) is 53.7 Å². The lowest BCUT2D eigenvalue weighted by atomic mass is 10.2. The van der Waals surface area contributed by atoms with Crippen molar-refractivity contribution in [3.63, 3.8) is 0 Å². The molecule has 7 heteroatoms. The molecule has 1 heterocycles. The lowest BCUT2D eigenvalue weighted by molar-refractivity contribution is -0.118. The summed E-state index contributed by atoms with van der Waals surface area (Å²) in [5, 5.41) is 4.38. The normalized spacial score (nSPS) is 10.8. The fourth-order valence-electron chi connectivity index (χ4n) is 2.57. The van der Waals surface area contributed by atoms with E-state index in [1.54, 1.807) is 22.8 Å². The van der Waals surface area contributed by atoms with Gasteiger partial charge in [-0.3, -0.25) is 14.2 Å². The number of para-hydroxylation sites is 1. The number of aromatic nitrogens is 2. The average Bonchev–Trinajstić information content (AvgIpc) is 2.64. The summed E-state index contributed by atoms with van der Waals surface area (Å²) in [6, 6.07) is 14.6. The van der Waals surface area contributed by atoms with Gasteiger partial charge < -0.3 is 5.32 Å². The molecule has 3 aromatic rings. The predicted octanol–water partition coefficient (Wildman–Crippen LogP) is 3.33. The van der Waals surface area contributed by atoms with Crippen molar-refractivity contribution in [2.75, 3.05) is 12.3 Å². The molecule has 0 unspecified atom stereocenters. The van der Waals surface area contributed by atoms with Crippen LogP contribution in [0.25, 0.3) is 10.9 Å². The molecule has 0 saturated heterocycles. The molecule has 0 aliphatic carbocycles. The van der Waals surface area contributed by atoms with E-state index in [1.807, 2.05) is 37.3 Å². The average molecular weight is 388 g/mol. The predicted molar refractivity (Wildman–Crippen MR) is 106 cm³/mol. The Balaban J connectivity index is 2.04. The molecule has 3 rings (SSSR count). The van der Waals surface area contributed by atoms with Crippen LogP contribution in [0.5, 0.6) is 0 Å². The molecule has 0 saturated carbocycles. The molecule has 0 fully saturated rings. The first kappa shape index (κ1) is 18.5. The summed E-state index contributed by atoms with van der Waals surface area (Å²) in [7, 11) is 0. The van der Waals surface area contributed by atoms with Crippen LogP contribution in [0.3, 0.4) is 0 Å². The third-order valence-corrected chi connectivity index (χ3v) is 5.16. The second kappa shape index (κ2) is 8.38. The van der Waals surface area contributed by atoms with Crippen LogP contribution in [-0.4, -0.2) is 27.8 Å². The molecule has 134 valence electrons. The molecule has 1 amide bonds. The van der Waals surface area contributed by atoms with E-state index in [0.717, 1.165) is 5.56 Å². The summed E-state index contributed by atoms with van der Waals surface area (Å²) in [5.41, 5.74) is 1.30. The largest absolute Gasteiger partial charge is 0.356 e. The van der Waals surface area contributed by atoms with Gasteiger partial charge in [-0.15, -0.1) is 0 Å². The smallest absolute Gasteiger partial charge is 0.262 e. The summed E-state index contributed by atoms with van der Waals surface area (Å²) in [6.45, 7) is 2.73. The van der Waals surface area contributed by atoms with Crippen molar-refractivity contribution in [2.24, 2.45) is 0 Å². The first-order valence-electron chi connectivity index (χ1n) is 8.22. The molecule has 0 bridgehead atoms. The maximum atomic E-state index is 13.0. The highest BCUT2D eigenvalue weighted by atomic mass is 35.5. The van der Waals surface area contributed by atoms with E-state index in [0.29, 0.717) is 34.2 Å². The van der Waals surface area contributed by atoms with Crippen LogP contribution in [0.4, 0.5) is 0 Å². The highest BCUT2D eigenvalue weighted by Crippen LogP contribution is 2.21. The number of benzene rings is 2. The van der Waals surface area contributed by atoms with E-state index in [9.17, 15) is 9.59 Å². The van der Waals surface area contributed by atoms with Crippen molar-refractivity contribution in [1.29, 1.82) is 0 Å². The number of fused-ring (bicyclic) bond motifs is 1. The zero-order chi connectivity index (χ0) is 18.5. The van der Waals surface area contributed by atoms with Crippen LogP contribution < -0.4 is 10.9 Å². The van der Waals surface area contributed by atoms with Gasteiger partial charge in [0.05, 0.1) is 23.2 Å². The minimum absolute atomic E-state index is 0.0933. The maximum absolute atomic E-state index is 13.0. The molecule has 0 spiro atoms. The quantitative estimate of drug-likeness (QED) is 0.520. The SMILES string of the molecule is CCNC(=O)CSc1nc2ccccc2c(=O)n1Cc1ccccc1Cl. The molecule has 0 atom stereocenters. The van der Waals surface area contributed by atoms with Crippen molar-refractivity contribution in [3.05, 3.63) is 69.5 Å². The molecule has 0 aliphatic heterocycles. The van der Waals surface area contributed by atoms with Crippen LogP contribution in [0.2, 0.25) is 5.02 Å². The van der Waals surface area contributed by atoms with E-state index in [1.165, 1.54) is 11.8 Å². The standard InChI is InChI=1S/C19H18ClN3O2S/c1-2-21-17(24)12-26-19-22-16-10-6-4-8-14(16)18(25)23(19)11-13-7-3-5-9-15(13)20/h3-10H,2,11-12H2,1H3,(H,21,24). The van der Waals surface area contributed by atoms with Crippen molar-refractivity contribution >= 4 is 40.2 Å². The lowest BCUT2D eigenvalue weighted by Gasteiger charge is -2.14. The summed E-state index contributed by atoms with van der Waals surface area (Å²) in [4.78, 5) is 29.4. The van der Waals surface area contributed by atoms with E-state index in [-0.39, 0.29) is 17.2 Å². The number of hydrogen-bond donors (Lipinski definition) is 1. The maximum Gasteiger partial charge on any atom is 0.262 e. The molecule has 0 radical (unpaired) electrons. The lowest BCUT2D eigenvalue weighted by Crippen LogP contribution is -2.27.